The van der Waals surface area contributed by atoms with Gasteiger partial charge in [-0.2, -0.15) is 19.8 Å². The molecule has 0 aromatic rings. The van der Waals surface area contributed by atoms with Gasteiger partial charge in [-0.05, 0) is 0 Å². The summed E-state index contributed by atoms with van der Waals surface area (Å²) in [6.07, 6.45) is 3.81. The van der Waals surface area contributed by atoms with E-state index in [1.807, 2.05) is 0 Å². The fraction of sp³-hybridized carbons (Fsp3) is 0.923. The quantitative estimate of drug-likeness (QED) is 0.642. The molecule has 0 aliphatic rings. The van der Waals surface area contributed by atoms with Crippen molar-refractivity contribution in [2.45, 2.75) is 67.7 Å². The molecule has 0 N–H and O–H groups in total. The van der Waals surface area contributed by atoms with Crippen LogP contribution in [-0.2, 0) is 32.7 Å². The average molecular weight is 272 g/mol. The zero-order valence-electron chi connectivity index (χ0n) is 11.2. The zero-order chi connectivity index (χ0) is 10.7. The molecule has 0 aromatic carbocycles. The van der Waals surface area contributed by atoms with Crippen molar-refractivity contribution in [1.82, 2.24) is 0 Å². The van der Waals surface area contributed by atoms with Crippen molar-refractivity contribution in [3.8, 4) is 0 Å². The van der Waals surface area contributed by atoms with E-state index in [0.29, 0.717) is 10.8 Å². The summed E-state index contributed by atoms with van der Waals surface area (Å²) in [5, 5.41) is 0. The molecule has 0 rings (SSSR count). The van der Waals surface area contributed by atoms with E-state index in [2.05, 4.69) is 48.5 Å². The van der Waals surface area contributed by atoms with E-state index in [0.717, 1.165) is 0 Å². The monoisotopic (exact) mass is 272 g/mol. The maximum atomic E-state index is 2.36. The van der Waals surface area contributed by atoms with Crippen LogP contribution in [0.2, 0.25) is 0 Å². The minimum absolute atomic E-state index is 0. The fourth-order valence-electron chi connectivity index (χ4n) is 1.91. The first-order valence-electron chi connectivity index (χ1n) is 5.47. The molecule has 0 nitrogen and oxygen atoms in total. The van der Waals surface area contributed by atoms with Crippen LogP contribution in [0.15, 0.2) is 0 Å². The topological polar surface area (TPSA) is 0 Å². The Morgan fingerprint density at radius 3 is 1.64 bits per heavy atom. The van der Waals surface area contributed by atoms with Crippen LogP contribution in [0.1, 0.15) is 67.7 Å². The third-order valence-corrected chi connectivity index (χ3v) is 2.57. The summed E-state index contributed by atoms with van der Waals surface area (Å²) in [7, 11) is 0. The van der Waals surface area contributed by atoms with Gasteiger partial charge in [-0.1, -0.05) is 58.8 Å². The van der Waals surface area contributed by atoms with Gasteiger partial charge in [0.2, 0.25) is 0 Å². The van der Waals surface area contributed by atoms with E-state index in [1.165, 1.54) is 19.3 Å². The molecule has 14 heavy (non-hydrogen) atoms. The maximum absolute atomic E-state index is 2.36. The molecular formula is C13H27Y-. The largest absolute Gasteiger partial charge is 0.316 e. The predicted octanol–water partition coefficient (Wildman–Crippen LogP) is 4.84. The van der Waals surface area contributed by atoms with E-state index in [9.17, 15) is 0 Å². The fourth-order valence-corrected chi connectivity index (χ4v) is 1.91. The molecule has 0 aliphatic heterocycles. The first-order valence-corrected chi connectivity index (χ1v) is 5.47. The second-order valence-corrected chi connectivity index (χ2v) is 6.39. The molecule has 0 unspecified atom stereocenters. The average Bonchev–Trinajstić information content (AvgIpc) is 1.81. The Morgan fingerprint density at radius 1 is 0.929 bits per heavy atom. The van der Waals surface area contributed by atoms with Gasteiger partial charge in [0.1, 0.15) is 0 Å². The van der Waals surface area contributed by atoms with E-state index < -0.39 is 0 Å². The summed E-state index contributed by atoms with van der Waals surface area (Å²) in [5.74, 6) is 1.65. The number of hydrogen-bond donors (Lipinski definition) is 0. The molecule has 0 fully saturated rings. The molecule has 0 aromatic heterocycles. The van der Waals surface area contributed by atoms with Gasteiger partial charge in [0.15, 0.2) is 0 Å². The van der Waals surface area contributed by atoms with Crippen LogP contribution >= 0.6 is 0 Å². The second-order valence-electron chi connectivity index (χ2n) is 6.39. The molecule has 0 amide bonds. The van der Waals surface area contributed by atoms with Gasteiger partial charge < -0.3 is 5.92 Å². The normalized spacial score (nSPS) is 12.9. The number of rotatable bonds is 4. The summed E-state index contributed by atoms with van der Waals surface area (Å²) in [6, 6.07) is 0. The Labute approximate surface area is 117 Å². The smallest absolute Gasteiger partial charge is 0 e. The maximum Gasteiger partial charge on any atom is 0 e. The first-order chi connectivity index (χ1) is 5.66. The molecule has 0 spiro atoms. The first kappa shape index (κ1) is 17.5. The molecule has 1 heteroatoms. The Bertz CT molecular complexity index is 142. The SMILES string of the molecule is CCC(C)(C)C[C-](C)CC(C)(C)C.[Y]. The van der Waals surface area contributed by atoms with E-state index in [1.54, 1.807) is 5.92 Å². The third-order valence-electron chi connectivity index (χ3n) is 2.57. The standard InChI is InChI=1S/C13H27.Y/c1-8-13(6,7)10-11(2)9-12(3,4)5;/h8-10H2,1-7H3;/q-1;. The van der Waals surface area contributed by atoms with Crippen LogP contribution in [-0.4, -0.2) is 0 Å². The van der Waals surface area contributed by atoms with Crippen molar-refractivity contribution >= 4 is 0 Å². The van der Waals surface area contributed by atoms with Gasteiger partial charge in [-0.25, -0.2) is 0 Å². The summed E-state index contributed by atoms with van der Waals surface area (Å²) < 4.78 is 0. The molecule has 0 aliphatic carbocycles. The number of hydrogen-bond acceptors (Lipinski definition) is 0. The summed E-state index contributed by atoms with van der Waals surface area (Å²) in [4.78, 5) is 0. The Balaban J connectivity index is 0. The molecule has 0 heterocycles. The Kier molecular flexibility index (Phi) is 8.29. The van der Waals surface area contributed by atoms with Gasteiger partial charge >= 0.3 is 0 Å². The van der Waals surface area contributed by atoms with E-state index in [-0.39, 0.29) is 32.7 Å². The van der Waals surface area contributed by atoms with Gasteiger partial charge in [0.25, 0.3) is 0 Å². The van der Waals surface area contributed by atoms with E-state index in [4.69, 9.17) is 0 Å². The molecule has 0 saturated heterocycles. The van der Waals surface area contributed by atoms with Crippen molar-refractivity contribution in [2.75, 3.05) is 0 Å². The van der Waals surface area contributed by atoms with Gasteiger partial charge in [0, 0.05) is 32.7 Å². The van der Waals surface area contributed by atoms with Crippen molar-refractivity contribution in [1.29, 1.82) is 0 Å². The van der Waals surface area contributed by atoms with Crippen LogP contribution in [0.25, 0.3) is 0 Å². The van der Waals surface area contributed by atoms with Crippen LogP contribution < -0.4 is 0 Å². The summed E-state index contributed by atoms with van der Waals surface area (Å²) in [5.41, 5.74) is 0.948. The molecular weight excluding hydrogens is 245 g/mol. The minimum atomic E-state index is 0. The summed E-state index contributed by atoms with van der Waals surface area (Å²) >= 11 is 0. The van der Waals surface area contributed by atoms with Crippen molar-refractivity contribution in [2.24, 2.45) is 10.8 Å². The third kappa shape index (κ3) is 9.65. The molecule has 0 atom stereocenters. The molecule has 1 radical (unpaired) electrons. The van der Waals surface area contributed by atoms with Crippen LogP contribution in [0.5, 0.6) is 0 Å². The molecule has 83 valence electrons. The van der Waals surface area contributed by atoms with Crippen LogP contribution in [0.3, 0.4) is 0 Å². The van der Waals surface area contributed by atoms with Gasteiger partial charge in [0.05, 0.1) is 0 Å². The van der Waals surface area contributed by atoms with Crippen molar-refractivity contribution in [3.05, 3.63) is 5.92 Å². The Morgan fingerprint density at radius 2 is 1.36 bits per heavy atom. The second kappa shape index (κ2) is 6.64. The minimum Gasteiger partial charge on any atom is -0.316 e. The van der Waals surface area contributed by atoms with Crippen molar-refractivity contribution in [3.63, 3.8) is 0 Å². The van der Waals surface area contributed by atoms with Crippen LogP contribution in [0.4, 0.5) is 0 Å². The predicted molar refractivity (Wildman–Crippen MR) is 61.7 cm³/mol. The zero-order valence-corrected chi connectivity index (χ0v) is 14.0. The Hall–Kier alpha value is 1.10. The van der Waals surface area contributed by atoms with Gasteiger partial charge in [-0.3, -0.25) is 0 Å². The van der Waals surface area contributed by atoms with Gasteiger partial charge in [-0.15, -0.1) is 0 Å². The summed E-state index contributed by atoms with van der Waals surface area (Å²) in [6.45, 7) is 16.3. The molecule has 0 bridgehead atoms. The van der Waals surface area contributed by atoms with E-state index >= 15 is 0 Å². The van der Waals surface area contributed by atoms with Crippen molar-refractivity contribution < 1.29 is 32.7 Å². The van der Waals surface area contributed by atoms with Crippen LogP contribution in [0, 0.1) is 16.7 Å². The molecule has 0 saturated carbocycles.